The van der Waals surface area contributed by atoms with E-state index in [9.17, 15) is 14.4 Å². The number of halogens is 1. The molecular formula is C22H16ClN3O5S. The number of nitrogens with zero attached hydrogens (tertiary/aromatic N) is 2. The minimum atomic E-state index is -0.625. The summed E-state index contributed by atoms with van der Waals surface area (Å²) < 4.78 is 13.7. The Balaban J connectivity index is 1.51. The first-order valence-electron chi connectivity index (χ1n) is 9.70. The fraction of sp³-hybridized carbons (Fsp3) is 0.136. The number of carbonyl (C=O) groups is 1. The van der Waals surface area contributed by atoms with Crippen molar-refractivity contribution in [2.24, 2.45) is 0 Å². The molecular weight excluding hydrogens is 454 g/mol. The molecule has 0 saturated carbocycles. The summed E-state index contributed by atoms with van der Waals surface area (Å²) in [5.74, 6) is 0.729. The van der Waals surface area contributed by atoms with Gasteiger partial charge in [-0.1, -0.05) is 17.7 Å². The maximum atomic E-state index is 13.3. The van der Waals surface area contributed by atoms with E-state index in [-0.39, 0.29) is 6.54 Å². The fourth-order valence-corrected chi connectivity index (χ4v) is 4.56. The average Bonchev–Trinajstić information content (AvgIpc) is 3.27. The van der Waals surface area contributed by atoms with Crippen LogP contribution in [0.15, 0.2) is 63.5 Å². The van der Waals surface area contributed by atoms with Crippen molar-refractivity contribution in [1.29, 1.82) is 0 Å². The number of fused-ring (bicyclic) bond motifs is 2. The highest BCUT2D eigenvalue weighted by Crippen LogP contribution is 2.32. The third-order valence-electron chi connectivity index (χ3n) is 4.95. The molecule has 4 aromatic rings. The van der Waals surface area contributed by atoms with Crippen molar-refractivity contribution < 1.29 is 14.3 Å². The molecule has 1 aliphatic rings. The molecule has 2 aromatic heterocycles. The van der Waals surface area contributed by atoms with Crippen LogP contribution in [-0.2, 0) is 11.3 Å². The number of hydrogen-bond donors (Lipinski definition) is 1. The number of amides is 1. The Bertz CT molecular complexity index is 1470. The highest BCUT2D eigenvalue weighted by atomic mass is 35.5. The van der Waals surface area contributed by atoms with Gasteiger partial charge < -0.3 is 14.8 Å². The van der Waals surface area contributed by atoms with Crippen molar-refractivity contribution in [2.75, 3.05) is 18.5 Å². The lowest BCUT2D eigenvalue weighted by atomic mass is 10.2. The number of nitrogens with one attached hydrogen (secondary N) is 1. The van der Waals surface area contributed by atoms with Crippen LogP contribution in [0.4, 0.5) is 5.69 Å². The van der Waals surface area contributed by atoms with Crippen molar-refractivity contribution in [2.45, 2.75) is 6.54 Å². The second kappa shape index (κ2) is 8.18. The number of aromatic nitrogens is 2. The number of anilines is 1. The normalized spacial score (nSPS) is 12.7. The van der Waals surface area contributed by atoms with Crippen LogP contribution in [0.5, 0.6) is 11.5 Å². The summed E-state index contributed by atoms with van der Waals surface area (Å²) in [6.07, 6.45) is 0. The van der Waals surface area contributed by atoms with Crippen LogP contribution in [0.3, 0.4) is 0 Å². The molecule has 0 saturated heterocycles. The smallest absolute Gasteiger partial charge is 0.336 e. The summed E-state index contributed by atoms with van der Waals surface area (Å²) >= 11 is 7.26. The average molecular weight is 470 g/mol. The van der Waals surface area contributed by atoms with Gasteiger partial charge >= 0.3 is 5.69 Å². The molecule has 2 aromatic carbocycles. The molecule has 1 amide bonds. The molecule has 1 aliphatic heterocycles. The zero-order valence-electron chi connectivity index (χ0n) is 16.5. The molecule has 0 radical (unpaired) electrons. The highest BCUT2D eigenvalue weighted by Gasteiger charge is 2.18. The molecule has 0 atom stereocenters. The Morgan fingerprint density at radius 1 is 1.06 bits per heavy atom. The van der Waals surface area contributed by atoms with E-state index in [1.807, 2.05) is 0 Å². The van der Waals surface area contributed by atoms with Gasteiger partial charge in [0.1, 0.15) is 24.5 Å². The van der Waals surface area contributed by atoms with Crippen LogP contribution < -0.4 is 26.0 Å². The number of hydrogen-bond acceptors (Lipinski definition) is 6. The predicted molar refractivity (Wildman–Crippen MR) is 123 cm³/mol. The molecule has 10 heteroatoms. The van der Waals surface area contributed by atoms with Gasteiger partial charge in [0.15, 0.2) is 11.5 Å². The Morgan fingerprint density at radius 3 is 2.69 bits per heavy atom. The van der Waals surface area contributed by atoms with Crippen molar-refractivity contribution >= 4 is 44.7 Å². The van der Waals surface area contributed by atoms with E-state index in [4.69, 9.17) is 21.1 Å². The van der Waals surface area contributed by atoms with Gasteiger partial charge in [-0.3, -0.25) is 14.2 Å². The molecule has 0 bridgehead atoms. The van der Waals surface area contributed by atoms with Crippen LogP contribution in [0, 0.1) is 0 Å². The maximum absolute atomic E-state index is 13.3. The summed E-state index contributed by atoms with van der Waals surface area (Å²) in [6.45, 7) is 0.628. The largest absolute Gasteiger partial charge is 0.486 e. The lowest BCUT2D eigenvalue weighted by molar-refractivity contribution is -0.116. The zero-order chi connectivity index (χ0) is 22.2. The van der Waals surface area contributed by atoms with Crippen LogP contribution in [0.2, 0.25) is 5.02 Å². The number of thiophene rings is 1. The second-order valence-corrected chi connectivity index (χ2v) is 8.38. The molecule has 162 valence electrons. The summed E-state index contributed by atoms with van der Waals surface area (Å²) in [7, 11) is 0. The maximum Gasteiger partial charge on any atom is 0.336 e. The SMILES string of the molecule is O=C(Cn1c(=O)n(-c2cccc(Cl)c2)c(=O)c2sccc21)Nc1ccc2c(c1)OCCO2. The Kier molecular flexibility index (Phi) is 5.20. The van der Waals surface area contributed by atoms with Gasteiger partial charge in [-0.05, 0) is 41.8 Å². The van der Waals surface area contributed by atoms with Gasteiger partial charge in [-0.15, -0.1) is 11.3 Å². The predicted octanol–water partition coefficient (Wildman–Crippen LogP) is 3.28. The van der Waals surface area contributed by atoms with E-state index in [1.165, 1.54) is 22.0 Å². The van der Waals surface area contributed by atoms with Crippen LogP contribution >= 0.6 is 22.9 Å². The molecule has 32 heavy (non-hydrogen) atoms. The minimum Gasteiger partial charge on any atom is -0.486 e. The standard InChI is InChI=1S/C22H16ClN3O5S/c23-13-2-1-3-15(10-13)26-21(28)20-16(6-9-32-20)25(22(26)29)12-19(27)24-14-4-5-17-18(11-14)31-8-7-30-17/h1-6,9-11H,7-8,12H2,(H,24,27). The van der Waals surface area contributed by atoms with E-state index in [0.29, 0.717) is 51.3 Å². The van der Waals surface area contributed by atoms with Gasteiger partial charge in [0.2, 0.25) is 5.91 Å². The van der Waals surface area contributed by atoms with Crippen molar-refractivity contribution in [1.82, 2.24) is 9.13 Å². The summed E-state index contributed by atoms with van der Waals surface area (Å²) in [6, 6.07) is 13.2. The topological polar surface area (TPSA) is 91.6 Å². The number of carbonyl (C=O) groups excluding carboxylic acids is 1. The summed E-state index contributed by atoms with van der Waals surface area (Å²) in [5, 5.41) is 4.87. The number of rotatable bonds is 4. The first-order valence-corrected chi connectivity index (χ1v) is 11.0. The van der Waals surface area contributed by atoms with Gasteiger partial charge in [-0.25, -0.2) is 9.36 Å². The Labute approximate surface area is 190 Å². The van der Waals surface area contributed by atoms with E-state index in [1.54, 1.807) is 47.8 Å². The van der Waals surface area contributed by atoms with E-state index in [0.717, 1.165) is 4.57 Å². The van der Waals surface area contributed by atoms with Gasteiger partial charge in [-0.2, -0.15) is 0 Å². The first-order chi connectivity index (χ1) is 15.5. The van der Waals surface area contributed by atoms with E-state index >= 15 is 0 Å². The molecule has 5 rings (SSSR count). The molecule has 1 N–H and O–H groups in total. The number of benzene rings is 2. The van der Waals surface area contributed by atoms with Gasteiger partial charge in [0, 0.05) is 16.8 Å². The fourth-order valence-electron chi connectivity index (χ4n) is 3.55. The van der Waals surface area contributed by atoms with Crippen molar-refractivity contribution in [3.05, 3.63) is 79.8 Å². The molecule has 0 fully saturated rings. The number of ether oxygens (including phenoxy) is 2. The summed E-state index contributed by atoms with van der Waals surface area (Å²) in [4.78, 5) is 39.0. The Morgan fingerprint density at radius 2 is 1.88 bits per heavy atom. The lowest BCUT2D eigenvalue weighted by Gasteiger charge is -2.19. The lowest BCUT2D eigenvalue weighted by Crippen LogP contribution is -2.40. The third kappa shape index (κ3) is 3.65. The first kappa shape index (κ1) is 20.3. The molecule has 0 spiro atoms. The van der Waals surface area contributed by atoms with Gasteiger partial charge in [0.25, 0.3) is 5.56 Å². The molecule has 8 nitrogen and oxygen atoms in total. The second-order valence-electron chi connectivity index (χ2n) is 7.03. The van der Waals surface area contributed by atoms with Crippen LogP contribution in [0.25, 0.3) is 15.9 Å². The van der Waals surface area contributed by atoms with Crippen molar-refractivity contribution in [3.8, 4) is 17.2 Å². The molecule has 0 unspecified atom stereocenters. The zero-order valence-corrected chi connectivity index (χ0v) is 18.1. The minimum absolute atomic E-state index is 0.276. The third-order valence-corrected chi connectivity index (χ3v) is 6.08. The van der Waals surface area contributed by atoms with Crippen molar-refractivity contribution in [3.63, 3.8) is 0 Å². The summed E-state index contributed by atoms with van der Waals surface area (Å²) in [5.41, 5.74) is 0.174. The highest BCUT2D eigenvalue weighted by molar-refractivity contribution is 7.17. The van der Waals surface area contributed by atoms with Crippen LogP contribution in [0.1, 0.15) is 0 Å². The Hall–Kier alpha value is -3.56. The molecule has 3 heterocycles. The van der Waals surface area contributed by atoms with Gasteiger partial charge in [0.05, 0.1) is 11.2 Å². The quantitative estimate of drug-likeness (QED) is 0.495. The van der Waals surface area contributed by atoms with E-state index in [2.05, 4.69) is 5.32 Å². The monoisotopic (exact) mass is 469 g/mol. The molecule has 0 aliphatic carbocycles. The van der Waals surface area contributed by atoms with Crippen LogP contribution in [-0.4, -0.2) is 28.3 Å². The van der Waals surface area contributed by atoms with E-state index < -0.39 is 17.2 Å².